The molecular weight excluding hydrogens is 220 g/mol. The Kier molecular flexibility index (Phi) is 3.61. The van der Waals surface area contributed by atoms with Crippen molar-refractivity contribution in [3.63, 3.8) is 0 Å². The van der Waals surface area contributed by atoms with E-state index < -0.39 is 0 Å². The van der Waals surface area contributed by atoms with E-state index >= 15 is 0 Å². The summed E-state index contributed by atoms with van der Waals surface area (Å²) >= 11 is 0. The summed E-state index contributed by atoms with van der Waals surface area (Å²) in [6.07, 6.45) is 10.1. The van der Waals surface area contributed by atoms with Gasteiger partial charge in [-0.25, -0.2) is 0 Å². The molecule has 0 saturated carbocycles. The van der Waals surface area contributed by atoms with Crippen molar-refractivity contribution in [3.05, 3.63) is 65.3 Å². The summed E-state index contributed by atoms with van der Waals surface area (Å²) in [5, 5.41) is 0. The zero-order valence-electron chi connectivity index (χ0n) is 10.9. The zero-order chi connectivity index (χ0) is 13.0. The van der Waals surface area contributed by atoms with E-state index in [0.29, 0.717) is 0 Å². The number of rotatable bonds is 3. The Balaban J connectivity index is 2.27. The van der Waals surface area contributed by atoms with Crippen molar-refractivity contribution in [3.8, 4) is 0 Å². The van der Waals surface area contributed by atoms with Gasteiger partial charge in [0.25, 0.3) is 0 Å². The third kappa shape index (κ3) is 2.67. The first-order valence-electron chi connectivity index (χ1n) is 6.21. The van der Waals surface area contributed by atoms with E-state index in [4.69, 9.17) is 0 Å². The topological polar surface area (TPSA) is 17.1 Å². The fourth-order valence-electron chi connectivity index (χ4n) is 2.34. The van der Waals surface area contributed by atoms with Crippen LogP contribution in [-0.4, -0.2) is 6.29 Å². The Morgan fingerprint density at radius 1 is 1.17 bits per heavy atom. The van der Waals surface area contributed by atoms with Gasteiger partial charge in [0.05, 0.1) is 0 Å². The minimum absolute atomic E-state index is 0.184. The van der Waals surface area contributed by atoms with Crippen molar-refractivity contribution in [1.82, 2.24) is 0 Å². The van der Waals surface area contributed by atoms with Crippen molar-refractivity contribution < 1.29 is 4.79 Å². The van der Waals surface area contributed by atoms with E-state index in [1.165, 1.54) is 5.57 Å². The van der Waals surface area contributed by atoms with Crippen LogP contribution in [-0.2, 0) is 4.79 Å². The third-order valence-electron chi connectivity index (χ3n) is 3.42. The van der Waals surface area contributed by atoms with E-state index in [9.17, 15) is 4.79 Å². The smallest absolute Gasteiger partial charge is 0.146 e. The summed E-state index contributed by atoms with van der Waals surface area (Å²) in [4.78, 5) is 11.2. The molecule has 0 heterocycles. The highest BCUT2D eigenvalue weighted by Gasteiger charge is 2.28. The molecule has 1 aromatic rings. The van der Waals surface area contributed by atoms with Gasteiger partial charge >= 0.3 is 0 Å². The lowest BCUT2D eigenvalue weighted by molar-refractivity contribution is -0.105. The molecule has 1 unspecified atom stereocenters. The van der Waals surface area contributed by atoms with Gasteiger partial charge in [0.15, 0.2) is 0 Å². The maximum absolute atomic E-state index is 11.2. The first kappa shape index (κ1) is 12.6. The standard InChI is InChI=1S/C17H18O/c1-14-8-9-16(13-18)17(2,12-14)11-10-15-6-4-3-5-7-15/h3-11,13H,12H2,1-2H3/b11-10+. The molecule has 1 heteroatoms. The highest BCUT2D eigenvalue weighted by Crippen LogP contribution is 2.38. The Bertz CT molecular complexity index is 520. The molecule has 0 amide bonds. The molecule has 2 rings (SSSR count). The molecule has 1 nitrogen and oxygen atoms in total. The van der Waals surface area contributed by atoms with E-state index in [0.717, 1.165) is 23.8 Å². The van der Waals surface area contributed by atoms with Crippen LogP contribution in [0.3, 0.4) is 0 Å². The summed E-state index contributed by atoms with van der Waals surface area (Å²) in [5.41, 5.74) is 3.13. The molecule has 92 valence electrons. The summed E-state index contributed by atoms with van der Waals surface area (Å²) < 4.78 is 0. The first-order valence-corrected chi connectivity index (χ1v) is 6.21. The molecule has 0 saturated heterocycles. The van der Waals surface area contributed by atoms with Crippen molar-refractivity contribution in [2.75, 3.05) is 0 Å². The SMILES string of the molecule is CC1=CC=C(C=O)C(C)(/C=C/c2ccccc2)C1. The Morgan fingerprint density at radius 2 is 1.89 bits per heavy atom. The quantitative estimate of drug-likeness (QED) is 0.722. The molecule has 0 spiro atoms. The fourth-order valence-corrected chi connectivity index (χ4v) is 2.34. The van der Waals surface area contributed by atoms with Crippen LogP contribution in [0.25, 0.3) is 6.08 Å². The van der Waals surface area contributed by atoms with Crippen molar-refractivity contribution in [2.24, 2.45) is 5.41 Å². The second-order valence-electron chi connectivity index (χ2n) is 5.09. The van der Waals surface area contributed by atoms with Crippen LogP contribution < -0.4 is 0 Å². The minimum atomic E-state index is -0.184. The predicted molar refractivity (Wildman–Crippen MR) is 76.1 cm³/mol. The van der Waals surface area contributed by atoms with Gasteiger partial charge in [0.2, 0.25) is 0 Å². The highest BCUT2D eigenvalue weighted by molar-refractivity contribution is 5.78. The van der Waals surface area contributed by atoms with Gasteiger partial charge in [-0.15, -0.1) is 0 Å². The molecule has 1 atom stereocenters. The number of benzene rings is 1. The van der Waals surface area contributed by atoms with Crippen LogP contribution in [0, 0.1) is 5.41 Å². The average molecular weight is 238 g/mol. The second-order valence-corrected chi connectivity index (χ2v) is 5.09. The van der Waals surface area contributed by atoms with Gasteiger partial charge in [0.1, 0.15) is 6.29 Å². The molecule has 0 aromatic heterocycles. The van der Waals surface area contributed by atoms with Crippen LogP contribution in [0.2, 0.25) is 0 Å². The maximum atomic E-state index is 11.2. The number of carbonyl (C=O) groups excluding carboxylic acids is 1. The van der Waals surface area contributed by atoms with Crippen LogP contribution >= 0.6 is 0 Å². The van der Waals surface area contributed by atoms with Gasteiger partial charge in [0, 0.05) is 11.0 Å². The molecule has 1 aliphatic rings. The normalized spacial score (nSPS) is 23.7. The van der Waals surface area contributed by atoms with Gasteiger partial charge in [-0.05, 0) is 18.9 Å². The van der Waals surface area contributed by atoms with E-state index in [2.05, 4.69) is 38.1 Å². The molecular formula is C17H18O. The minimum Gasteiger partial charge on any atom is -0.298 e. The predicted octanol–water partition coefficient (Wildman–Crippen LogP) is 4.18. The third-order valence-corrected chi connectivity index (χ3v) is 3.42. The van der Waals surface area contributed by atoms with Gasteiger partial charge in [-0.1, -0.05) is 67.1 Å². The summed E-state index contributed by atoms with van der Waals surface area (Å²) in [5.74, 6) is 0. The molecule has 0 N–H and O–H groups in total. The summed E-state index contributed by atoms with van der Waals surface area (Å²) in [7, 11) is 0. The monoisotopic (exact) mass is 238 g/mol. The maximum Gasteiger partial charge on any atom is 0.146 e. The highest BCUT2D eigenvalue weighted by atomic mass is 16.1. The number of carbonyl (C=O) groups is 1. The molecule has 0 fully saturated rings. The first-order chi connectivity index (χ1) is 8.64. The Hall–Kier alpha value is -1.89. The lowest BCUT2D eigenvalue weighted by Gasteiger charge is -2.29. The summed E-state index contributed by atoms with van der Waals surface area (Å²) in [6.45, 7) is 4.22. The fraction of sp³-hybridized carbons (Fsp3) is 0.235. The molecule has 1 aromatic carbocycles. The number of aldehydes is 1. The Morgan fingerprint density at radius 3 is 2.56 bits per heavy atom. The van der Waals surface area contributed by atoms with Crippen molar-refractivity contribution in [2.45, 2.75) is 20.3 Å². The number of hydrogen-bond acceptors (Lipinski definition) is 1. The Labute approximate surface area is 109 Å². The van der Waals surface area contributed by atoms with Crippen molar-refractivity contribution >= 4 is 12.4 Å². The molecule has 0 bridgehead atoms. The van der Waals surface area contributed by atoms with Crippen LogP contribution in [0.5, 0.6) is 0 Å². The van der Waals surface area contributed by atoms with Gasteiger partial charge in [-0.2, -0.15) is 0 Å². The van der Waals surface area contributed by atoms with E-state index in [1.807, 2.05) is 30.4 Å². The van der Waals surface area contributed by atoms with Crippen LogP contribution in [0.15, 0.2) is 59.7 Å². The molecule has 1 aliphatic carbocycles. The van der Waals surface area contributed by atoms with Gasteiger partial charge < -0.3 is 0 Å². The molecule has 0 aliphatic heterocycles. The van der Waals surface area contributed by atoms with Crippen LogP contribution in [0.4, 0.5) is 0 Å². The van der Waals surface area contributed by atoms with Crippen LogP contribution in [0.1, 0.15) is 25.8 Å². The van der Waals surface area contributed by atoms with Crippen molar-refractivity contribution in [1.29, 1.82) is 0 Å². The lowest BCUT2D eigenvalue weighted by atomic mass is 9.74. The largest absolute Gasteiger partial charge is 0.298 e. The number of allylic oxidation sites excluding steroid dienone is 5. The average Bonchev–Trinajstić information content (AvgIpc) is 2.38. The van der Waals surface area contributed by atoms with E-state index in [1.54, 1.807) is 0 Å². The van der Waals surface area contributed by atoms with Gasteiger partial charge in [-0.3, -0.25) is 4.79 Å². The lowest BCUT2D eigenvalue weighted by Crippen LogP contribution is -2.20. The zero-order valence-corrected chi connectivity index (χ0v) is 10.9. The molecule has 0 radical (unpaired) electrons. The summed E-state index contributed by atoms with van der Waals surface area (Å²) in [6, 6.07) is 10.2. The second kappa shape index (κ2) is 5.18. The van der Waals surface area contributed by atoms with E-state index in [-0.39, 0.29) is 5.41 Å². The molecule has 18 heavy (non-hydrogen) atoms. The number of hydrogen-bond donors (Lipinski definition) is 0.